The molecule has 0 aliphatic heterocycles. The summed E-state index contributed by atoms with van der Waals surface area (Å²) in [6.45, 7) is 3.92. The molecule has 108 valence electrons. The van der Waals surface area contributed by atoms with E-state index in [4.69, 9.17) is 10.9 Å². The highest BCUT2D eigenvalue weighted by Gasteiger charge is 2.19. The summed E-state index contributed by atoms with van der Waals surface area (Å²) in [6, 6.07) is 0. The van der Waals surface area contributed by atoms with Crippen molar-refractivity contribution in [1.29, 1.82) is 0 Å². The van der Waals surface area contributed by atoms with Gasteiger partial charge in [-0.2, -0.15) is 24.7 Å². The molecule has 20 heavy (non-hydrogen) atoms. The minimum absolute atomic E-state index is 0.0585. The van der Waals surface area contributed by atoms with Crippen molar-refractivity contribution >= 4 is 11.9 Å². The van der Waals surface area contributed by atoms with Gasteiger partial charge in [0.05, 0.1) is 0 Å². The highest BCUT2D eigenvalue weighted by Crippen LogP contribution is 2.16. The first-order valence-electron chi connectivity index (χ1n) is 6.01. The lowest BCUT2D eigenvalue weighted by molar-refractivity contribution is 0.260. The lowest BCUT2D eigenvalue weighted by atomic mass is 10.0. The molecule has 0 amide bonds. The number of nitrogens with zero attached hydrogens (tertiary/aromatic N) is 6. The van der Waals surface area contributed by atoms with Crippen LogP contribution in [0.5, 0.6) is 0 Å². The Bertz CT molecular complexity index is 554. The average Bonchev–Trinajstić information content (AvgIpc) is 2.91. The standard InChI is InChI=1S/C10H17N9O/c1-10(2,3-4-20)17-7-14-8(18-11)16-9(15-7)19-6-12-5-13-19/h5-6,20H,3-4,11H2,1-2H3,(H2,14,15,16,17,18). The van der Waals surface area contributed by atoms with Crippen molar-refractivity contribution in [2.45, 2.75) is 25.8 Å². The van der Waals surface area contributed by atoms with E-state index in [9.17, 15) is 0 Å². The van der Waals surface area contributed by atoms with E-state index < -0.39 is 0 Å². The number of anilines is 2. The molecule has 0 unspecified atom stereocenters. The minimum Gasteiger partial charge on any atom is -0.396 e. The van der Waals surface area contributed by atoms with Crippen molar-refractivity contribution in [2.75, 3.05) is 17.3 Å². The predicted octanol–water partition coefficient (Wildman–Crippen LogP) is -0.689. The smallest absolute Gasteiger partial charge is 0.258 e. The zero-order valence-corrected chi connectivity index (χ0v) is 11.3. The molecule has 0 fully saturated rings. The summed E-state index contributed by atoms with van der Waals surface area (Å²) in [5.74, 6) is 6.16. The van der Waals surface area contributed by atoms with E-state index in [-0.39, 0.29) is 24.0 Å². The topological polar surface area (TPSA) is 140 Å². The molecule has 10 nitrogen and oxygen atoms in total. The molecule has 0 atom stereocenters. The van der Waals surface area contributed by atoms with Crippen LogP contribution in [-0.4, -0.2) is 47.0 Å². The van der Waals surface area contributed by atoms with Crippen LogP contribution in [0.25, 0.3) is 5.95 Å². The molecule has 2 rings (SSSR count). The third-order valence-corrected chi connectivity index (χ3v) is 2.56. The minimum atomic E-state index is -0.373. The summed E-state index contributed by atoms with van der Waals surface area (Å²) < 4.78 is 1.40. The number of aliphatic hydroxyl groups is 1. The normalized spacial score (nSPS) is 11.4. The zero-order valence-electron chi connectivity index (χ0n) is 11.3. The van der Waals surface area contributed by atoms with Crippen LogP contribution in [0.15, 0.2) is 12.7 Å². The van der Waals surface area contributed by atoms with Crippen LogP contribution < -0.4 is 16.6 Å². The van der Waals surface area contributed by atoms with Crippen LogP contribution in [0.4, 0.5) is 11.9 Å². The van der Waals surface area contributed by atoms with Crippen molar-refractivity contribution in [3.63, 3.8) is 0 Å². The second-order valence-corrected chi connectivity index (χ2v) is 4.75. The van der Waals surface area contributed by atoms with Gasteiger partial charge in [0.15, 0.2) is 0 Å². The van der Waals surface area contributed by atoms with Crippen LogP contribution >= 0.6 is 0 Å². The summed E-state index contributed by atoms with van der Waals surface area (Å²) in [4.78, 5) is 16.3. The van der Waals surface area contributed by atoms with Crippen LogP contribution in [-0.2, 0) is 0 Å². The number of hydrogen-bond donors (Lipinski definition) is 4. The number of nitrogens with one attached hydrogen (secondary N) is 2. The molecule has 0 aromatic carbocycles. The molecule has 0 radical (unpaired) electrons. The summed E-state index contributed by atoms with van der Waals surface area (Å²) in [5, 5.41) is 16.1. The molecule has 0 aliphatic carbocycles. The first-order chi connectivity index (χ1) is 9.54. The maximum atomic E-state index is 9.04. The molecule has 10 heteroatoms. The second kappa shape index (κ2) is 5.75. The third-order valence-electron chi connectivity index (χ3n) is 2.56. The maximum Gasteiger partial charge on any atom is 0.258 e. The number of hydrogen-bond acceptors (Lipinski definition) is 9. The van der Waals surface area contributed by atoms with Crippen LogP contribution in [0, 0.1) is 0 Å². The number of aliphatic hydroxyl groups excluding tert-OH is 1. The van der Waals surface area contributed by atoms with Gasteiger partial charge in [0.1, 0.15) is 12.7 Å². The largest absolute Gasteiger partial charge is 0.396 e. The molecule has 0 saturated carbocycles. The molecule has 0 saturated heterocycles. The Morgan fingerprint density at radius 1 is 1.30 bits per heavy atom. The van der Waals surface area contributed by atoms with E-state index in [1.54, 1.807) is 0 Å². The molecule has 2 aromatic heterocycles. The maximum absolute atomic E-state index is 9.04. The summed E-state index contributed by atoms with van der Waals surface area (Å²) in [6.07, 6.45) is 3.39. The van der Waals surface area contributed by atoms with Crippen LogP contribution in [0.3, 0.4) is 0 Å². The lowest BCUT2D eigenvalue weighted by Crippen LogP contribution is -2.33. The summed E-state index contributed by atoms with van der Waals surface area (Å²) >= 11 is 0. The monoisotopic (exact) mass is 279 g/mol. The molecule has 2 heterocycles. The van der Waals surface area contributed by atoms with E-state index in [0.717, 1.165) is 0 Å². The first-order valence-corrected chi connectivity index (χ1v) is 6.01. The fourth-order valence-electron chi connectivity index (χ4n) is 1.54. The number of rotatable bonds is 6. The molecule has 0 bridgehead atoms. The zero-order chi connectivity index (χ0) is 14.6. The number of aromatic nitrogens is 6. The van der Waals surface area contributed by atoms with Gasteiger partial charge >= 0.3 is 0 Å². The summed E-state index contributed by atoms with van der Waals surface area (Å²) in [7, 11) is 0. The van der Waals surface area contributed by atoms with Crippen molar-refractivity contribution in [3.05, 3.63) is 12.7 Å². The fraction of sp³-hybridized carbons (Fsp3) is 0.500. The van der Waals surface area contributed by atoms with E-state index in [1.807, 2.05) is 13.8 Å². The van der Waals surface area contributed by atoms with E-state index in [0.29, 0.717) is 12.4 Å². The van der Waals surface area contributed by atoms with Gasteiger partial charge in [-0.25, -0.2) is 10.8 Å². The summed E-state index contributed by atoms with van der Waals surface area (Å²) in [5.41, 5.74) is 2.00. The first kappa shape index (κ1) is 14.1. The van der Waals surface area contributed by atoms with Gasteiger partial charge < -0.3 is 10.4 Å². The average molecular weight is 279 g/mol. The van der Waals surface area contributed by atoms with Crippen LogP contribution in [0.2, 0.25) is 0 Å². The number of hydrazine groups is 1. The van der Waals surface area contributed by atoms with Gasteiger partial charge in [0.25, 0.3) is 5.95 Å². The van der Waals surface area contributed by atoms with Crippen LogP contribution in [0.1, 0.15) is 20.3 Å². The highest BCUT2D eigenvalue weighted by atomic mass is 16.3. The number of nitrogen functional groups attached to an aromatic ring is 1. The van der Waals surface area contributed by atoms with Gasteiger partial charge in [-0.05, 0) is 20.3 Å². The lowest BCUT2D eigenvalue weighted by Gasteiger charge is -2.25. The van der Waals surface area contributed by atoms with Crippen molar-refractivity contribution in [3.8, 4) is 5.95 Å². The fourth-order valence-corrected chi connectivity index (χ4v) is 1.54. The Labute approximate surface area is 115 Å². The molecule has 0 aliphatic rings. The third kappa shape index (κ3) is 3.36. The molecular weight excluding hydrogens is 262 g/mol. The second-order valence-electron chi connectivity index (χ2n) is 4.75. The Balaban J connectivity index is 2.31. The van der Waals surface area contributed by atoms with Gasteiger partial charge in [0, 0.05) is 12.1 Å². The Morgan fingerprint density at radius 3 is 2.65 bits per heavy atom. The quantitative estimate of drug-likeness (QED) is 0.399. The predicted molar refractivity (Wildman–Crippen MR) is 72.0 cm³/mol. The Kier molecular flexibility index (Phi) is 4.05. The van der Waals surface area contributed by atoms with E-state index >= 15 is 0 Å². The Hall–Kier alpha value is -2.33. The van der Waals surface area contributed by atoms with Crippen molar-refractivity contribution in [1.82, 2.24) is 29.7 Å². The van der Waals surface area contributed by atoms with E-state index in [2.05, 4.69) is 35.8 Å². The molecule has 5 N–H and O–H groups in total. The molecule has 2 aromatic rings. The van der Waals surface area contributed by atoms with Crippen molar-refractivity contribution in [2.24, 2.45) is 5.84 Å². The van der Waals surface area contributed by atoms with Gasteiger partial charge in [0.2, 0.25) is 11.9 Å². The van der Waals surface area contributed by atoms with Gasteiger partial charge in [-0.3, -0.25) is 5.43 Å². The van der Waals surface area contributed by atoms with E-state index in [1.165, 1.54) is 17.3 Å². The van der Waals surface area contributed by atoms with Gasteiger partial charge in [-0.15, -0.1) is 0 Å². The SMILES string of the molecule is CC(C)(CCO)Nc1nc(NN)nc(-n2cncn2)n1. The number of nitrogens with two attached hydrogens (primary N) is 1. The van der Waals surface area contributed by atoms with Gasteiger partial charge in [-0.1, -0.05) is 0 Å². The highest BCUT2D eigenvalue weighted by molar-refractivity contribution is 5.38. The van der Waals surface area contributed by atoms with Crippen molar-refractivity contribution < 1.29 is 5.11 Å². The Morgan fingerprint density at radius 2 is 2.05 bits per heavy atom. The molecular formula is C10H17N9O. The molecule has 0 spiro atoms.